The molecule has 1 rings (SSSR count). The summed E-state index contributed by atoms with van der Waals surface area (Å²) in [7, 11) is 0. The predicted molar refractivity (Wildman–Crippen MR) is 127 cm³/mol. The van der Waals surface area contributed by atoms with Gasteiger partial charge in [0.2, 0.25) is 0 Å². The molecule has 0 bridgehead atoms. The quantitative estimate of drug-likeness (QED) is 0.184. The summed E-state index contributed by atoms with van der Waals surface area (Å²) in [5.41, 5.74) is 5.41. The fourth-order valence-electron chi connectivity index (χ4n) is 2.32. The van der Waals surface area contributed by atoms with Gasteiger partial charge in [0.1, 0.15) is 0 Å². The maximum absolute atomic E-state index is 5.92. The molecule has 0 unspecified atom stereocenters. The first kappa shape index (κ1) is 24.8. The third kappa shape index (κ3) is 11.4. The number of aliphatic imine (C=N–C) groups is 1. The van der Waals surface area contributed by atoms with E-state index < -0.39 is 0 Å². The van der Waals surface area contributed by atoms with E-state index in [2.05, 4.69) is 34.8 Å². The van der Waals surface area contributed by atoms with Crippen LogP contribution in [0.4, 0.5) is 0 Å². The van der Waals surface area contributed by atoms with E-state index in [9.17, 15) is 0 Å². The van der Waals surface area contributed by atoms with Gasteiger partial charge in [0.25, 0.3) is 0 Å². The zero-order valence-electron chi connectivity index (χ0n) is 18.4. The monoisotopic (exact) mass is 414 g/mol. The molecule has 0 aromatic rings. The summed E-state index contributed by atoms with van der Waals surface area (Å²) in [5.74, 6) is 2.01. The number of thioether (sulfide) groups is 1. The molecule has 0 heterocycles. The van der Waals surface area contributed by atoms with Gasteiger partial charge in [-0.15, -0.1) is 5.73 Å². The first-order chi connectivity index (χ1) is 14.0. The van der Waals surface area contributed by atoms with Crippen molar-refractivity contribution in [2.24, 2.45) is 4.99 Å². The van der Waals surface area contributed by atoms with Gasteiger partial charge in [-0.25, -0.2) is 4.99 Å². The molecule has 0 amide bonds. The molecule has 1 aliphatic rings. The van der Waals surface area contributed by atoms with Gasteiger partial charge in [-0.1, -0.05) is 30.0 Å². The molecular formula is C24H34N2O2S. The number of hydrogen-bond donors (Lipinski definition) is 1. The van der Waals surface area contributed by atoms with Crippen LogP contribution in [0, 0.1) is 0 Å². The standard InChI is InChI=1S/C24H34N2O2S/c1-7-9-15-29-20(5)13-14-25-18-22-11-10-12-23(24(16-22)27-8-2)28-21(6)26-17-19(3)4/h7,10,12,15-17,25H,5,8,11,13-14,18H2,1-4,6H3. The molecule has 0 aromatic carbocycles. The maximum Gasteiger partial charge on any atom is 0.191 e. The summed E-state index contributed by atoms with van der Waals surface area (Å²) in [6, 6.07) is 0. The molecule has 0 aromatic heterocycles. The highest BCUT2D eigenvalue weighted by atomic mass is 32.2. The summed E-state index contributed by atoms with van der Waals surface area (Å²) >= 11 is 1.62. The normalized spacial score (nSPS) is 13.8. The zero-order valence-corrected chi connectivity index (χ0v) is 19.2. The molecule has 0 saturated heterocycles. The highest BCUT2D eigenvalue weighted by molar-refractivity contribution is 8.05. The molecule has 1 aliphatic carbocycles. The van der Waals surface area contributed by atoms with Crippen LogP contribution in [-0.4, -0.2) is 25.6 Å². The third-order valence-electron chi connectivity index (χ3n) is 3.68. The highest BCUT2D eigenvalue weighted by Gasteiger charge is 2.11. The van der Waals surface area contributed by atoms with Crippen molar-refractivity contribution in [3.8, 4) is 0 Å². The molecule has 0 saturated carbocycles. The molecule has 29 heavy (non-hydrogen) atoms. The minimum atomic E-state index is 0.578. The second kappa shape index (κ2) is 14.7. The number of nitrogens with zero attached hydrogens (tertiary/aromatic N) is 1. The Morgan fingerprint density at radius 2 is 2.14 bits per heavy atom. The van der Waals surface area contributed by atoms with Gasteiger partial charge in [-0.2, -0.15) is 0 Å². The molecule has 0 fully saturated rings. The van der Waals surface area contributed by atoms with Gasteiger partial charge < -0.3 is 14.8 Å². The number of nitrogens with one attached hydrogen (secondary N) is 1. The Hall–Kier alpha value is -2.20. The fourth-order valence-corrected chi connectivity index (χ4v) is 2.91. The van der Waals surface area contributed by atoms with Crippen LogP contribution in [0.5, 0.6) is 0 Å². The first-order valence-corrected chi connectivity index (χ1v) is 10.8. The average molecular weight is 415 g/mol. The fraction of sp³-hybridized carbons (Fsp3) is 0.417. The number of allylic oxidation sites excluding steroid dienone is 5. The molecule has 158 valence electrons. The van der Waals surface area contributed by atoms with Gasteiger partial charge in [-0.05, 0) is 75.8 Å². The molecular weight excluding hydrogens is 380 g/mol. The van der Waals surface area contributed by atoms with Gasteiger partial charge in [0.05, 0.1) is 6.61 Å². The van der Waals surface area contributed by atoms with Crippen LogP contribution in [0.1, 0.15) is 47.5 Å². The Kier molecular flexibility index (Phi) is 12.6. The summed E-state index contributed by atoms with van der Waals surface area (Å²) < 4.78 is 11.7. The lowest BCUT2D eigenvalue weighted by Gasteiger charge is -2.12. The van der Waals surface area contributed by atoms with Crippen LogP contribution in [0.3, 0.4) is 0 Å². The summed E-state index contributed by atoms with van der Waals surface area (Å²) in [4.78, 5) is 5.45. The van der Waals surface area contributed by atoms with E-state index in [0.717, 1.165) is 42.2 Å². The zero-order chi connectivity index (χ0) is 21.5. The summed E-state index contributed by atoms with van der Waals surface area (Å²) in [6.45, 7) is 16.1. The van der Waals surface area contributed by atoms with Crippen LogP contribution < -0.4 is 5.32 Å². The Balaban J connectivity index is 2.71. The van der Waals surface area contributed by atoms with E-state index in [4.69, 9.17) is 9.47 Å². The minimum absolute atomic E-state index is 0.578. The Morgan fingerprint density at radius 1 is 1.34 bits per heavy atom. The predicted octanol–water partition coefficient (Wildman–Crippen LogP) is 6.39. The van der Waals surface area contributed by atoms with Crippen molar-refractivity contribution in [1.29, 1.82) is 0 Å². The molecule has 4 nitrogen and oxygen atoms in total. The smallest absolute Gasteiger partial charge is 0.191 e. The molecule has 0 atom stereocenters. The van der Waals surface area contributed by atoms with Crippen LogP contribution in [0.25, 0.3) is 0 Å². The van der Waals surface area contributed by atoms with Crippen LogP contribution in [-0.2, 0) is 9.47 Å². The summed E-state index contributed by atoms with van der Waals surface area (Å²) in [6.07, 6.45) is 11.6. The van der Waals surface area contributed by atoms with Crippen molar-refractivity contribution in [2.45, 2.75) is 47.5 Å². The van der Waals surface area contributed by atoms with Crippen molar-refractivity contribution in [3.05, 3.63) is 75.8 Å². The second-order valence-corrected chi connectivity index (χ2v) is 7.73. The SMILES string of the molecule is C=C(CCNCC1=CC(OCC)=C(OC(C)=NC=C(C)C)C=CC1)SC=C=CC. The summed E-state index contributed by atoms with van der Waals surface area (Å²) in [5, 5.41) is 5.42. The van der Waals surface area contributed by atoms with Gasteiger partial charge >= 0.3 is 0 Å². The Morgan fingerprint density at radius 3 is 2.83 bits per heavy atom. The number of rotatable bonds is 11. The van der Waals surface area contributed by atoms with Crippen molar-refractivity contribution in [1.82, 2.24) is 5.32 Å². The van der Waals surface area contributed by atoms with E-state index in [1.165, 1.54) is 5.57 Å². The Labute approximate surface area is 180 Å². The lowest BCUT2D eigenvalue weighted by Crippen LogP contribution is -2.18. The van der Waals surface area contributed by atoms with E-state index in [-0.39, 0.29) is 0 Å². The second-order valence-electron chi connectivity index (χ2n) is 6.68. The molecule has 1 N–H and O–H groups in total. The van der Waals surface area contributed by atoms with Gasteiger partial charge in [0, 0.05) is 25.1 Å². The van der Waals surface area contributed by atoms with E-state index in [0.29, 0.717) is 18.3 Å². The van der Waals surface area contributed by atoms with Crippen molar-refractivity contribution >= 4 is 17.7 Å². The number of ether oxygens (including phenoxy) is 2. The van der Waals surface area contributed by atoms with Crippen LogP contribution in [0.15, 0.2) is 80.8 Å². The maximum atomic E-state index is 5.92. The number of hydrogen-bond acceptors (Lipinski definition) is 5. The van der Waals surface area contributed by atoms with Crippen LogP contribution in [0.2, 0.25) is 0 Å². The van der Waals surface area contributed by atoms with Crippen LogP contribution >= 0.6 is 11.8 Å². The average Bonchev–Trinajstić information content (AvgIpc) is 2.86. The molecule has 5 heteroatoms. The van der Waals surface area contributed by atoms with Crippen molar-refractivity contribution in [2.75, 3.05) is 19.7 Å². The molecule has 0 spiro atoms. The third-order valence-corrected chi connectivity index (χ3v) is 4.47. The van der Waals surface area contributed by atoms with E-state index in [1.807, 2.05) is 52.2 Å². The van der Waals surface area contributed by atoms with Gasteiger partial charge in [0.15, 0.2) is 17.4 Å². The topological polar surface area (TPSA) is 42.8 Å². The first-order valence-electron chi connectivity index (χ1n) is 9.95. The lowest BCUT2D eigenvalue weighted by molar-refractivity contribution is 0.223. The van der Waals surface area contributed by atoms with Gasteiger partial charge in [-0.3, -0.25) is 0 Å². The van der Waals surface area contributed by atoms with Crippen molar-refractivity contribution in [3.63, 3.8) is 0 Å². The largest absolute Gasteiger partial charge is 0.490 e. The highest BCUT2D eigenvalue weighted by Crippen LogP contribution is 2.21. The van der Waals surface area contributed by atoms with Crippen molar-refractivity contribution < 1.29 is 9.47 Å². The Bertz CT molecular complexity index is 760. The lowest BCUT2D eigenvalue weighted by atomic mass is 10.1. The van der Waals surface area contributed by atoms with E-state index in [1.54, 1.807) is 18.0 Å². The van der Waals surface area contributed by atoms with E-state index >= 15 is 0 Å². The molecule has 0 aliphatic heterocycles. The minimum Gasteiger partial charge on any atom is -0.490 e. The molecule has 0 radical (unpaired) electrons.